The molecule has 21 nitrogen and oxygen atoms in total. The number of nitrogens with one attached hydrogen (secondary N) is 1. The standard InChI is InChI=1S/C37H33N7O14S2/c1-43(42-41-21-8-6-20(7-9-21)40-28(45)16-18-56-19-17-31(48)58-44-29(46)14-15-30(44)47)37(49)23-5-3-2-4-22(23)32-24-10-12-26(38)35(59(50,51)52)33(24)57-34-25(32)11-13-27(39)36(34)60(53,54)55/h2-13,38H,14-19,39H2,1H3,(H,40,45)(H,50,51,52)(H,53,54,55). The molecule has 4 amide bonds. The van der Waals surface area contributed by atoms with E-state index >= 15 is 0 Å². The number of fused-ring (bicyclic) bond motifs is 2. The van der Waals surface area contributed by atoms with E-state index in [4.69, 9.17) is 25.1 Å². The van der Waals surface area contributed by atoms with Gasteiger partial charge in [0.2, 0.25) is 16.2 Å². The Morgan fingerprint density at radius 1 is 0.933 bits per heavy atom. The van der Waals surface area contributed by atoms with Crippen LogP contribution in [0.2, 0.25) is 0 Å². The molecule has 0 aromatic heterocycles. The zero-order valence-electron chi connectivity index (χ0n) is 31.2. The van der Waals surface area contributed by atoms with Crippen molar-refractivity contribution in [3.8, 4) is 22.5 Å². The van der Waals surface area contributed by atoms with Crippen LogP contribution in [0.25, 0.3) is 33.4 Å². The van der Waals surface area contributed by atoms with Gasteiger partial charge in [-0.15, -0.1) is 10.2 Å². The molecule has 0 bridgehead atoms. The zero-order chi connectivity index (χ0) is 43.5. The first kappa shape index (κ1) is 42.7. The minimum Gasteiger partial charge on any atom is -0.744 e. The van der Waals surface area contributed by atoms with Crippen molar-refractivity contribution >= 4 is 77.9 Å². The van der Waals surface area contributed by atoms with Gasteiger partial charge in [-0.1, -0.05) is 23.4 Å². The molecule has 6 N–H and O–H groups in total. The number of ether oxygens (including phenoxy) is 1. The van der Waals surface area contributed by atoms with Gasteiger partial charge in [-0.2, -0.15) is 8.42 Å². The lowest BCUT2D eigenvalue weighted by atomic mass is 9.90. The predicted octanol–water partition coefficient (Wildman–Crippen LogP) is 1.71. The van der Waals surface area contributed by atoms with Gasteiger partial charge in [0, 0.05) is 53.7 Å². The number of nitrogens with zero attached hydrogens (tertiary/aromatic N) is 4. The van der Waals surface area contributed by atoms with Crippen molar-refractivity contribution in [2.24, 2.45) is 10.3 Å². The molecule has 1 saturated heterocycles. The Labute approximate surface area is 339 Å². The van der Waals surface area contributed by atoms with E-state index in [1.807, 2.05) is 0 Å². The van der Waals surface area contributed by atoms with E-state index in [0.717, 1.165) is 17.1 Å². The van der Waals surface area contributed by atoms with Gasteiger partial charge in [-0.05, 0) is 54.1 Å². The Balaban J connectivity index is 1.17. The van der Waals surface area contributed by atoms with Crippen molar-refractivity contribution in [2.45, 2.75) is 35.5 Å². The molecule has 0 radical (unpaired) electrons. The van der Waals surface area contributed by atoms with Gasteiger partial charge in [0.05, 0.1) is 37.4 Å². The van der Waals surface area contributed by atoms with E-state index in [1.165, 1.54) is 67.7 Å². The van der Waals surface area contributed by atoms with Crippen LogP contribution in [0.3, 0.4) is 0 Å². The maximum atomic E-state index is 13.9. The second-order valence-electron chi connectivity index (χ2n) is 12.9. The highest BCUT2D eigenvalue weighted by atomic mass is 32.2. The van der Waals surface area contributed by atoms with Crippen LogP contribution in [0.15, 0.2) is 97.3 Å². The molecule has 0 saturated carbocycles. The summed E-state index contributed by atoms with van der Waals surface area (Å²) < 4.78 is 83.4. The first-order valence-corrected chi connectivity index (χ1v) is 20.4. The van der Waals surface area contributed by atoms with Crippen molar-refractivity contribution in [3.63, 3.8) is 0 Å². The third-order valence-electron chi connectivity index (χ3n) is 8.82. The molecule has 0 unspecified atom stereocenters. The maximum absolute atomic E-state index is 13.9. The van der Waals surface area contributed by atoms with Crippen LogP contribution in [0.5, 0.6) is 0 Å². The fraction of sp³-hybridized carbons (Fsp3) is 0.189. The Morgan fingerprint density at radius 3 is 2.27 bits per heavy atom. The van der Waals surface area contributed by atoms with Crippen LogP contribution in [-0.2, 0) is 49.0 Å². The van der Waals surface area contributed by atoms with Crippen LogP contribution >= 0.6 is 0 Å². The number of hydrogen-bond donors (Lipinski definition) is 4. The maximum Gasteiger partial charge on any atom is 0.335 e. The quantitative estimate of drug-likeness (QED) is 0.0235. The summed E-state index contributed by atoms with van der Waals surface area (Å²) in [5, 5.41) is 17.4. The molecule has 3 aromatic rings. The molecule has 60 heavy (non-hydrogen) atoms. The van der Waals surface area contributed by atoms with Crippen molar-refractivity contribution in [3.05, 3.63) is 83.7 Å². The molecule has 0 spiro atoms. The van der Waals surface area contributed by atoms with Crippen molar-refractivity contribution in [1.29, 1.82) is 0 Å². The molecule has 0 atom stereocenters. The van der Waals surface area contributed by atoms with Gasteiger partial charge >= 0.3 is 16.1 Å². The highest BCUT2D eigenvalue weighted by Crippen LogP contribution is 2.45. The Hall–Kier alpha value is -6.92. The van der Waals surface area contributed by atoms with E-state index in [2.05, 4.69) is 15.7 Å². The summed E-state index contributed by atoms with van der Waals surface area (Å²) in [4.78, 5) is 64.1. The van der Waals surface area contributed by atoms with Crippen LogP contribution < -0.4 is 21.8 Å². The summed E-state index contributed by atoms with van der Waals surface area (Å²) in [6.45, 7) is -0.153. The Morgan fingerprint density at radius 2 is 1.60 bits per heavy atom. The average Bonchev–Trinajstić information content (AvgIpc) is 3.50. The number of imide groups is 1. The van der Waals surface area contributed by atoms with Crippen molar-refractivity contribution in [2.75, 3.05) is 31.3 Å². The summed E-state index contributed by atoms with van der Waals surface area (Å²) in [5.74, 6) is -3.81. The molecule has 3 aromatic carbocycles. The highest BCUT2D eigenvalue weighted by molar-refractivity contribution is 7.86. The molecule has 1 fully saturated rings. The smallest absolute Gasteiger partial charge is 0.335 e. The molecular formula is C37H33N7O14S2. The number of hydrogen-bond acceptors (Lipinski definition) is 16. The lowest BCUT2D eigenvalue weighted by Crippen LogP contribution is -2.47. The second kappa shape index (κ2) is 17.1. The van der Waals surface area contributed by atoms with Gasteiger partial charge < -0.3 is 29.6 Å². The Bertz CT molecular complexity index is 2850. The Kier molecular flexibility index (Phi) is 12.2. The molecule has 6 rings (SSSR count). The molecule has 3 aliphatic rings. The highest BCUT2D eigenvalue weighted by Gasteiger charge is 2.34. The van der Waals surface area contributed by atoms with E-state index in [0.29, 0.717) is 10.8 Å². The largest absolute Gasteiger partial charge is 0.744 e. The molecule has 1 aliphatic carbocycles. The average molecular weight is 864 g/mol. The molecule has 23 heteroatoms. The lowest BCUT2D eigenvalue weighted by Gasteiger charge is -2.21. The summed E-state index contributed by atoms with van der Waals surface area (Å²) >= 11 is 0. The van der Waals surface area contributed by atoms with E-state index in [1.54, 1.807) is 0 Å². The molecule has 2 heterocycles. The first-order chi connectivity index (χ1) is 28.3. The topological polar surface area (TPSA) is 323 Å². The minimum atomic E-state index is -5.35. The number of benzene rings is 4. The first-order valence-electron chi connectivity index (χ1n) is 17.5. The van der Waals surface area contributed by atoms with E-state index < -0.39 is 82.0 Å². The van der Waals surface area contributed by atoms with Gasteiger partial charge in [-0.3, -0.25) is 29.1 Å². The van der Waals surface area contributed by atoms with E-state index in [-0.39, 0.29) is 72.2 Å². The van der Waals surface area contributed by atoms with Gasteiger partial charge in [0.1, 0.15) is 15.0 Å². The van der Waals surface area contributed by atoms with Crippen molar-refractivity contribution in [1.82, 2.24) is 10.1 Å². The third kappa shape index (κ3) is 9.19. The fourth-order valence-corrected chi connectivity index (χ4v) is 7.58. The number of rotatable bonds is 14. The fourth-order valence-electron chi connectivity index (χ4n) is 6.10. The summed E-state index contributed by atoms with van der Waals surface area (Å²) in [5.41, 5.74) is 5.42. The molecule has 312 valence electrons. The monoisotopic (exact) mass is 863 g/mol. The van der Waals surface area contributed by atoms with Crippen LogP contribution in [0.1, 0.15) is 36.0 Å². The molecule has 2 aliphatic heterocycles. The van der Waals surface area contributed by atoms with Gasteiger partial charge in [-0.25, -0.2) is 18.2 Å². The van der Waals surface area contributed by atoms with Crippen LogP contribution in [-0.4, -0.2) is 85.9 Å². The number of nitrogens with two attached hydrogens (primary N) is 2. The lowest BCUT2D eigenvalue weighted by molar-refractivity contribution is -0.198. The normalized spacial score (nSPS) is 13.3. The number of anilines is 2. The van der Waals surface area contributed by atoms with Crippen molar-refractivity contribution < 1.29 is 69.3 Å². The molecular weight excluding hydrogens is 831 g/mol. The van der Waals surface area contributed by atoms with Crippen LogP contribution in [0.4, 0.5) is 17.1 Å². The summed E-state index contributed by atoms with van der Waals surface area (Å²) in [6, 6.07) is 16.9. The van der Waals surface area contributed by atoms with Gasteiger partial charge in [0.15, 0.2) is 11.3 Å². The zero-order valence-corrected chi connectivity index (χ0v) is 32.8. The number of carbonyl (C=O) groups is 5. The SMILES string of the molecule is CN(N=Nc1ccc(NC(=O)CCOCCC(=O)ON2C(=O)CCC2=O)cc1)C(=O)c1ccccc1-c1c2ccc(=[NH2+])c(S(=O)(=O)O)c-2oc2c(S(=O)(=O)[O-])c(N)ccc12. The van der Waals surface area contributed by atoms with E-state index in [9.17, 15) is 49.9 Å². The minimum absolute atomic E-state index is 0.0228. The number of carbonyl (C=O) groups excluding carboxylic acids is 5. The number of nitrogen functional groups attached to an aromatic ring is 1. The summed E-state index contributed by atoms with van der Waals surface area (Å²) in [6.07, 6.45) is -0.370. The predicted molar refractivity (Wildman–Crippen MR) is 204 cm³/mol. The summed E-state index contributed by atoms with van der Waals surface area (Å²) in [7, 11) is -9.17. The number of amides is 4. The second-order valence-corrected chi connectivity index (χ2v) is 15.6. The number of hydroxylamine groups is 2. The third-order valence-corrected chi connectivity index (χ3v) is 10.7. The van der Waals surface area contributed by atoms with Crippen LogP contribution in [0, 0.1) is 0 Å². The van der Waals surface area contributed by atoms with Gasteiger partial charge in [0.25, 0.3) is 17.7 Å².